The van der Waals surface area contributed by atoms with E-state index in [2.05, 4.69) is 30.2 Å². The Morgan fingerprint density at radius 2 is 1.92 bits per heavy atom. The number of carboxylic acids is 1. The lowest BCUT2D eigenvalue weighted by Gasteiger charge is -2.40. The number of alkyl halides is 1. The molecule has 1 aliphatic carbocycles. The van der Waals surface area contributed by atoms with Crippen LogP contribution in [0.3, 0.4) is 0 Å². The van der Waals surface area contributed by atoms with Crippen molar-refractivity contribution in [3.05, 3.63) is 71.1 Å². The normalized spacial score (nSPS) is 20.0. The number of imidazole rings is 1. The second kappa shape index (κ2) is 12.8. The van der Waals surface area contributed by atoms with Gasteiger partial charge in [-0.2, -0.15) is 0 Å². The minimum atomic E-state index is -1.08. The lowest BCUT2D eigenvalue weighted by atomic mass is 9.67. The molecule has 208 valence electrons. The Balaban J connectivity index is 1.67. The van der Waals surface area contributed by atoms with Crippen molar-refractivity contribution in [3.8, 4) is 0 Å². The van der Waals surface area contributed by atoms with E-state index in [1.54, 1.807) is 12.1 Å². The van der Waals surface area contributed by atoms with Crippen LogP contribution in [0.25, 0.3) is 16.6 Å². The second-order valence-electron chi connectivity index (χ2n) is 10.8. The maximum atomic E-state index is 13.3. The molecule has 3 atom stereocenters. The molecule has 0 spiro atoms. The van der Waals surface area contributed by atoms with E-state index in [4.69, 9.17) is 16.6 Å². The summed E-state index contributed by atoms with van der Waals surface area (Å²) in [7, 11) is 0. The van der Waals surface area contributed by atoms with Crippen molar-refractivity contribution in [2.75, 3.05) is 0 Å². The predicted octanol–water partition coefficient (Wildman–Crippen LogP) is 7.87. The minimum Gasteiger partial charge on any atom is -0.478 e. The lowest BCUT2D eigenvalue weighted by Crippen LogP contribution is -2.39. The number of hydrogen-bond donors (Lipinski definition) is 3. The minimum absolute atomic E-state index is 0.0815. The van der Waals surface area contributed by atoms with Crippen molar-refractivity contribution >= 4 is 40.1 Å². The van der Waals surface area contributed by atoms with E-state index in [0.717, 1.165) is 55.1 Å². The van der Waals surface area contributed by atoms with Gasteiger partial charge >= 0.3 is 5.97 Å². The van der Waals surface area contributed by atoms with Crippen molar-refractivity contribution in [2.45, 2.75) is 95.4 Å². The third kappa shape index (κ3) is 6.22. The van der Waals surface area contributed by atoms with Gasteiger partial charge in [0, 0.05) is 28.0 Å². The second-order valence-corrected chi connectivity index (χ2v) is 11.4. The number of carbonyl (C=O) groups is 2. The Morgan fingerprint density at radius 1 is 1.13 bits per heavy atom. The van der Waals surface area contributed by atoms with Crippen LogP contribution in [0.4, 0.5) is 0 Å². The highest BCUT2D eigenvalue weighted by Gasteiger charge is 2.44. The molecule has 0 saturated heterocycles. The Morgan fingerprint density at radius 3 is 2.64 bits per heavy atom. The number of hydrogen-bond acceptors (Lipinski definition) is 3. The number of para-hydroxylation sites is 2. The number of nitrogens with zero attached hydrogens (tertiary/aromatic N) is 1. The largest absolute Gasteiger partial charge is 0.478 e. The van der Waals surface area contributed by atoms with Gasteiger partial charge in [-0.25, -0.2) is 9.78 Å². The Hall–Kier alpha value is -3.12. The van der Waals surface area contributed by atoms with Gasteiger partial charge in [0.15, 0.2) is 0 Å². The highest BCUT2D eigenvalue weighted by Crippen LogP contribution is 2.48. The van der Waals surface area contributed by atoms with Gasteiger partial charge in [0.1, 0.15) is 5.82 Å². The number of H-pyrrole nitrogens is 1. The first-order chi connectivity index (χ1) is 18.8. The maximum absolute atomic E-state index is 13.3. The number of allylic oxidation sites excluding steroid dienone is 2. The van der Waals surface area contributed by atoms with Crippen molar-refractivity contribution in [1.82, 2.24) is 15.3 Å². The monoisotopic (exact) mass is 549 g/mol. The molecule has 2 unspecified atom stereocenters. The summed E-state index contributed by atoms with van der Waals surface area (Å²) in [5.41, 5.74) is 2.84. The molecule has 39 heavy (non-hydrogen) atoms. The maximum Gasteiger partial charge on any atom is 0.336 e. The number of carbonyl (C=O) groups excluding carboxylic acids is 1. The Bertz CT molecular complexity index is 1310. The molecule has 3 aromatic rings. The van der Waals surface area contributed by atoms with E-state index < -0.39 is 11.4 Å². The molecule has 4 rings (SSSR count). The quantitative estimate of drug-likeness (QED) is 0.158. The van der Waals surface area contributed by atoms with E-state index in [1.807, 2.05) is 31.2 Å². The number of carboxylic acid groups (broad SMARTS) is 1. The zero-order chi connectivity index (χ0) is 28.0. The highest BCUT2D eigenvalue weighted by molar-refractivity contribution is 6.23. The van der Waals surface area contributed by atoms with Gasteiger partial charge in [-0.3, -0.25) is 4.79 Å². The first-order valence-electron chi connectivity index (χ1n) is 14.3. The van der Waals surface area contributed by atoms with Crippen molar-refractivity contribution in [2.24, 2.45) is 0 Å². The fraction of sp³-hybridized carbons (Fsp3) is 0.469. The number of halogens is 1. The Kier molecular flexibility index (Phi) is 9.49. The predicted molar refractivity (Wildman–Crippen MR) is 159 cm³/mol. The molecule has 1 aliphatic rings. The average Bonchev–Trinajstić information content (AvgIpc) is 3.36. The van der Waals surface area contributed by atoms with E-state index in [1.165, 1.54) is 18.9 Å². The molecular formula is C32H40ClN3O3. The first kappa shape index (κ1) is 28.9. The van der Waals surface area contributed by atoms with E-state index in [9.17, 15) is 14.7 Å². The summed E-state index contributed by atoms with van der Waals surface area (Å²) < 4.78 is 0. The van der Waals surface area contributed by atoms with Crippen LogP contribution in [-0.4, -0.2) is 38.4 Å². The number of benzene rings is 2. The number of unbranched alkanes of at least 4 members (excludes halogenated alkanes) is 3. The molecule has 6 nitrogen and oxygen atoms in total. The van der Waals surface area contributed by atoms with Crippen LogP contribution in [-0.2, 0) is 5.41 Å². The molecule has 0 saturated carbocycles. The van der Waals surface area contributed by atoms with Gasteiger partial charge in [-0.15, -0.1) is 11.6 Å². The summed E-state index contributed by atoms with van der Waals surface area (Å²) in [5.74, 6) is -0.626. The molecule has 0 radical (unpaired) electrons. The summed E-state index contributed by atoms with van der Waals surface area (Å²) >= 11 is 7.00. The molecule has 1 aromatic heterocycles. The van der Waals surface area contributed by atoms with E-state index in [0.29, 0.717) is 23.4 Å². The van der Waals surface area contributed by atoms with Gasteiger partial charge in [0.25, 0.3) is 5.91 Å². The fourth-order valence-corrected chi connectivity index (χ4v) is 6.18. The van der Waals surface area contributed by atoms with Gasteiger partial charge in [-0.1, -0.05) is 70.2 Å². The number of nitrogens with one attached hydrogen (secondary N) is 2. The van der Waals surface area contributed by atoms with Crippen molar-refractivity contribution < 1.29 is 14.7 Å². The van der Waals surface area contributed by atoms with Crippen LogP contribution in [0.15, 0.2) is 48.5 Å². The Labute approximate surface area is 236 Å². The molecule has 1 heterocycles. The van der Waals surface area contributed by atoms with Crippen LogP contribution < -0.4 is 5.32 Å². The van der Waals surface area contributed by atoms with Crippen LogP contribution >= 0.6 is 11.6 Å². The number of rotatable bonds is 12. The van der Waals surface area contributed by atoms with Crippen LogP contribution in [0, 0.1) is 0 Å². The summed E-state index contributed by atoms with van der Waals surface area (Å²) in [6, 6.07) is 12.9. The standard InChI is InChI=1S/C32H40ClN3O3/c1-4-6-7-8-13-22(12-5-2)34-30(37)21-18-19-24(23(20-21)31(38)39)32(3)25(14-11-17-28(32)33)29-35-26-15-9-10-16-27(26)36-29/h9-10,14-16,18-20,22,28H,4-8,11-13,17H2,1-3H3,(H,34,37)(H,35,36)(H,38,39)/t22?,28-,32?/m0/s1. The van der Waals surface area contributed by atoms with Crippen LogP contribution in [0.1, 0.15) is 111 Å². The molecule has 1 amide bonds. The topological polar surface area (TPSA) is 95.1 Å². The summed E-state index contributed by atoms with van der Waals surface area (Å²) in [5, 5.41) is 13.1. The van der Waals surface area contributed by atoms with Gasteiger partial charge in [0.05, 0.1) is 16.6 Å². The molecule has 0 bridgehead atoms. The highest BCUT2D eigenvalue weighted by atomic mass is 35.5. The van der Waals surface area contributed by atoms with Gasteiger partial charge in [-0.05, 0) is 62.4 Å². The van der Waals surface area contributed by atoms with Crippen molar-refractivity contribution in [3.63, 3.8) is 0 Å². The first-order valence-corrected chi connectivity index (χ1v) is 14.7. The molecule has 0 aliphatic heterocycles. The molecule has 3 N–H and O–H groups in total. The molecule has 7 heteroatoms. The van der Waals surface area contributed by atoms with Gasteiger partial charge < -0.3 is 15.4 Å². The molecular weight excluding hydrogens is 510 g/mol. The summed E-state index contributed by atoms with van der Waals surface area (Å²) in [6.07, 6.45) is 11.0. The molecule has 2 aromatic carbocycles. The number of aromatic amines is 1. The number of amides is 1. The van der Waals surface area contributed by atoms with E-state index in [-0.39, 0.29) is 22.9 Å². The SMILES string of the molecule is CCCCCCC(CCC)NC(=O)c1ccc(C2(C)C(c3nc4ccccc4[nH]3)=CCC[C@@H]2Cl)c(C(=O)O)c1. The third-order valence-electron chi connectivity index (χ3n) is 8.05. The zero-order valence-electron chi connectivity index (χ0n) is 23.2. The molecule has 0 fully saturated rings. The van der Waals surface area contributed by atoms with Crippen LogP contribution in [0.2, 0.25) is 0 Å². The van der Waals surface area contributed by atoms with Gasteiger partial charge in [0.2, 0.25) is 0 Å². The van der Waals surface area contributed by atoms with Crippen LogP contribution in [0.5, 0.6) is 0 Å². The summed E-state index contributed by atoms with van der Waals surface area (Å²) in [6.45, 7) is 6.28. The lowest BCUT2D eigenvalue weighted by molar-refractivity contribution is 0.0694. The number of aromatic carboxylic acids is 1. The van der Waals surface area contributed by atoms with Crippen molar-refractivity contribution in [1.29, 1.82) is 0 Å². The number of aromatic nitrogens is 2. The zero-order valence-corrected chi connectivity index (χ0v) is 24.0. The smallest absolute Gasteiger partial charge is 0.336 e. The number of fused-ring (bicyclic) bond motifs is 1. The third-order valence-corrected chi connectivity index (χ3v) is 8.70. The average molecular weight is 550 g/mol. The fourth-order valence-electron chi connectivity index (χ4n) is 5.82. The summed E-state index contributed by atoms with van der Waals surface area (Å²) in [4.78, 5) is 34.0. The van der Waals surface area contributed by atoms with E-state index >= 15 is 0 Å².